The summed E-state index contributed by atoms with van der Waals surface area (Å²) in [5.41, 5.74) is -1.81. The fraction of sp³-hybridized carbons (Fsp3) is 0.812. The fourth-order valence-corrected chi connectivity index (χ4v) is 8.50. The van der Waals surface area contributed by atoms with Crippen LogP contribution in [0.5, 0.6) is 0 Å². The molecule has 3 rings (SSSR count). The van der Waals surface area contributed by atoms with Gasteiger partial charge in [0.25, 0.3) is 0 Å². The summed E-state index contributed by atoms with van der Waals surface area (Å²) in [5.74, 6) is -1.84. The second kappa shape index (κ2) is 11.5. The number of aliphatic hydroxyl groups is 1. The van der Waals surface area contributed by atoms with E-state index in [1.165, 1.54) is 12.5 Å². The van der Waals surface area contributed by atoms with Crippen LogP contribution in [0.2, 0.25) is 0 Å². The number of carboxylic acids is 1. The molecule has 0 spiro atoms. The van der Waals surface area contributed by atoms with Crippen LogP contribution >= 0.6 is 0 Å². The fourth-order valence-electron chi connectivity index (χ4n) is 8.50. The van der Waals surface area contributed by atoms with E-state index in [-0.39, 0.29) is 42.7 Å². The first-order valence-electron chi connectivity index (χ1n) is 14.8. The normalized spacial score (nSPS) is 38.3. The molecule has 0 aromatic heterocycles. The third-order valence-electron chi connectivity index (χ3n) is 11.4. The summed E-state index contributed by atoms with van der Waals surface area (Å²) in [6, 6.07) is 0. The molecule has 220 valence electrons. The Morgan fingerprint density at radius 2 is 1.72 bits per heavy atom. The molecule has 7 nitrogen and oxygen atoms in total. The molecule has 39 heavy (non-hydrogen) atoms. The minimum atomic E-state index is -1.37. The Hall–Kier alpha value is -2.02. The SMILES string of the molecule is C=C(CC[C@H](C)[C@@H]1CCC(=O)[C@]1(C)[C@@H](C[C@@H]1C(=O)CC[C@@H]2[C@@]1(C)CC[C@H](O)[C@]2(C)C(=O)O)OC(C)=O)C(C)C. The lowest BCUT2D eigenvalue weighted by atomic mass is 9.46. The van der Waals surface area contributed by atoms with Gasteiger partial charge in [-0.15, -0.1) is 0 Å². The number of fused-ring (bicyclic) bond motifs is 1. The third kappa shape index (κ3) is 5.49. The van der Waals surface area contributed by atoms with Gasteiger partial charge in [0.1, 0.15) is 17.7 Å². The van der Waals surface area contributed by atoms with Gasteiger partial charge in [-0.05, 0) is 87.9 Å². The molecule has 0 amide bonds. The molecule has 3 saturated carbocycles. The van der Waals surface area contributed by atoms with Gasteiger partial charge in [-0.25, -0.2) is 0 Å². The van der Waals surface area contributed by atoms with Gasteiger partial charge in [-0.3, -0.25) is 19.2 Å². The van der Waals surface area contributed by atoms with Gasteiger partial charge in [-0.2, -0.15) is 0 Å². The van der Waals surface area contributed by atoms with Crippen molar-refractivity contribution >= 4 is 23.5 Å². The number of Topliss-reactive ketones (excluding diaryl/α,β-unsaturated/α-hetero) is 2. The molecule has 3 aliphatic carbocycles. The lowest BCUT2D eigenvalue weighted by molar-refractivity contribution is -0.192. The molecule has 9 atom stereocenters. The van der Waals surface area contributed by atoms with Crippen LogP contribution in [0.3, 0.4) is 0 Å². The minimum Gasteiger partial charge on any atom is -0.481 e. The number of allylic oxidation sites excluding steroid dienone is 1. The maximum Gasteiger partial charge on any atom is 0.312 e. The average molecular weight is 547 g/mol. The van der Waals surface area contributed by atoms with Crippen LogP contribution in [0, 0.1) is 45.8 Å². The standard InChI is InChI=1S/C32H50O7/c1-18(2)19(3)9-10-20(4)22-11-14-26(35)31(22,7)28(39-21(5)33)17-23-24(34)12-13-25-30(23,6)16-15-27(36)32(25,8)29(37)38/h18,20,22-23,25,27-28,36H,3,9-17H2,1-2,4-8H3,(H,37,38)/t20-,22-,23+,25+,27-,28+,30-,31+,32+/m0/s1. The van der Waals surface area contributed by atoms with E-state index < -0.39 is 52.2 Å². The van der Waals surface area contributed by atoms with Crippen LogP contribution in [0.25, 0.3) is 0 Å². The van der Waals surface area contributed by atoms with E-state index in [2.05, 4.69) is 27.4 Å². The van der Waals surface area contributed by atoms with Gasteiger partial charge in [0.15, 0.2) is 0 Å². The van der Waals surface area contributed by atoms with Crippen molar-refractivity contribution in [3.05, 3.63) is 12.2 Å². The molecule has 2 N–H and O–H groups in total. The van der Waals surface area contributed by atoms with Gasteiger partial charge in [0.2, 0.25) is 0 Å². The third-order valence-corrected chi connectivity index (χ3v) is 11.4. The first kappa shape index (κ1) is 31.5. The lowest BCUT2D eigenvalue weighted by Gasteiger charge is -2.58. The molecule has 7 heteroatoms. The zero-order valence-electron chi connectivity index (χ0n) is 25.0. The molecule has 0 bridgehead atoms. The molecular formula is C32H50O7. The number of ketones is 2. The Kier molecular flexibility index (Phi) is 9.26. The van der Waals surface area contributed by atoms with Crippen LogP contribution in [0.4, 0.5) is 0 Å². The topological polar surface area (TPSA) is 118 Å². The van der Waals surface area contributed by atoms with Crippen molar-refractivity contribution in [2.24, 2.45) is 45.8 Å². The van der Waals surface area contributed by atoms with Gasteiger partial charge in [-0.1, -0.05) is 39.8 Å². The number of ether oxygens (including phenoxy) is 1. The number of hydrogen-bond acceptors (Lipinski definition) is 6. The first-order valence-corrected chi connectivity index (χ1v) is 14.8. The van der Waals surface area contributed by atoms with Crippen molar-refractivity contribution in [2.75, 3.05) is 0 Å². The average Bonchev–Trinajstić information content (AvgIpc) is 3.16. The summed E-state index contributed by atoms with van der Waals surface area (Å²) >= 11 is 0. The first-order chi connectivity index (χ1) is 18.0. The molecule has 0 unspecified atom stereocenters. The number of aliphatic carboxylic acids is 1. The van der Waals surface area contributed by atoms with Crippen LogP contribution in [-0.4, -0.2) is 45.9 Å². The predicted octanol–water partition coefficient (Wildman–Crippen LogP) is 5.77. The Bertz CT molecular complexity index is 1000. The Morgan fingerprint density at radius 1 is 1.08 bits per heavy atom. The molecular weight excluding hydrogens is 496 g/mol. The highest BCUT2D eigenvalue weighted by atomic mass is 16.5. The van der Waals surface area contributed by atoms with E-state index in [4.69, 9.17) is 4.74 Å². The van der Waals surface area contributed by atoms with Crippen molar-refractivity contribution in [3.63, 3.8) is 0 Å². The smallest absolute Gasteiger partial charge is 0.312 e. The summed E-state index contributed by atoms with van der Waals surface area (Å²) in [5, 5.41) is 21.0. The predicted molar refractivity (Wildman–Crippen MR) is 149 cm³/mol. The van der Waals surface area contributed by atoms with Crippen LogP contribution in [-0.2, 0) is 23.9 Å². The quantitative estimate of drug-likeness (QED) is 0.264. The van der Waals surface area contributed by atoms with E-state index >= 15 is 0 Å². The molecule has 0 aromatic carbocycles. The van der Waals surface area contributed by atoms with Crippen LogP contribution < -0.4 is 0 Å². The van der Waals surface area contributed by atoms with Gasteiger partial charge >= 0.3 is 11.9 Å². The van der Waals surface area contributed by atoms with Crippen molar-refractivity contribution in [1.29, 1.82) is 0 Å². The number of hydrogen-bond donors (Lipinski definition) is 2. The van der Waals surface area contributed by atoms with Crippen molar-refractivity contribution in [3.8, 4) is 0 Å². The summed E-state index contributed by atoms with van der Waals surface area (Å²) in [4.78, 5) is 52.0. The van der Waals surface area contributed by atoms with E-state index in [0.717, 1.165) is 12.8 Å². The van der Waals surface area contributed by atoms with E-state index in [9.17, 15) is 29.4 Å². The second-order valence-corrected chi connectivity index (χ2v) is 13.8. The van der Waals surface area contributed by atoms with Gasteiger partial charge < -0.3 is 14.9 Å². The molecule has 0 radical (unpaired) electrons. The summed E-state index contributed by atoms with van der Waals surface area (Å²) in [7, 11) is 0. The maximum absolute atomic E-state index is 13.6. The molecule has 0 aliphatic heterocycles. The number of rotatable bonds is 10. The highest BCUT2D eigenvalue weighted by Crippen LogP contribution is 2.61. The Morgan fingerprint density at radius 3 is 2.28 bits per heavy atom. The maximum atomic E-state index is 13.6. The highest BCUT2D eigenvalue weighted by Gasteiger charge is 2.64. The van der Waals surface area contributed by atoms with Crippen LogP contribution in [0.15, 0.2) is 12.2 Å². The number of carbonyl (C=O) groups excluding carboxylic acids is 3. The number of esters is 1. The zero-order chi connectivity index (χ0) is 29.5. The summed E-state index contributed by atoms with van der Waals surface area (Å²) < 4.78 is 5.95. The second-order valence-electron chi connectivity index (χ2n) is 13.8. The van der Waals surface area contributed by atoms with Crippen LogP contribution in [0.1, 0.15) is 106 Å². The molecule has 3 fully saturated rings. The molecule has 3 aliphatic rings. The number of carboxylic acid groups (broad SMARTS) is 1. The van der Waals surface area contributed by atoms with Crippen molar-refractivity contribution in [2.45, 2.75) is 118 Å². The van der Waals surface area contributed by atoms with Crippen molar-refractivity contribution < 1.29 is 34.1 Å². The van der Waals surface area contributed by atoms with Gasteiger partial charge in [0.05, 0.1) is 16.9 Å². The Balaban J connectivity index is 1.97. The number of carbonyl (C=O) groups is 4. The lowest BCUT2D eigenvalue weighted by Crippen LogP contribution is -2.61. The van der Waals surface area contributed by atoms with E-state index in [1.807, 2.05) is 13.8 Å². The van der Waals surface area contributed by atoms with Gasteiger partial charge in [0, 0.05) is 25.7 Å². The monoisotopic (exact) mass is 546 g/mol. The zero-order valence-corrected chi connectivity index (χ0v) is 25.0. The molecule has 0 heterocycles. The molecule has 0 saturated heterocycles. The van der Waals surface area contributed by atoms with E-state index in [0.29, 0.717) is 31.6 Å². The summed E-state index contributed by atoms with van der Waals surface area (Å²) in [6.45, 7) is 17.4. The minimum absolute atomic E-state index is 0.00549. The number of aliphatic hydroxyl groups excluding tert-OH is 1. The molecule has 0 aromatic rings. The largest absolute Gasteiger partial charge is 0.481 e. The van der Waals surface area contributed by atoms with Crippen molar-refractivity contribution in [1.82, 2.24) is 0 Å². The summed E-state index contributed by atoms with van der Waals surface area (Å²) in [6.07, 6.45) is 2.71. The Labute approximate surface area is 234 Å². The highest BCUT2D eigenvalue weighted by molar-refractivity contribution is 5.89. The van der Waals surface area contributed by atoms with E-state index in [1.54, 1.807) is 6.92 Å².